The van der Waals surface area contributed by atoms with Gasteiger partial charge in [0.15, 0.2) is 0 Å². The Balaban J connectivity index is 1.37. The highest BCUT2D eigenvalue weighted by Crippen LogP contribution is 2.24. The van der Waals surface area contributed by atoms with E-state index in [1.807, 2.05) is 52.0 Å². The van der Waals surface area contributed by atoms with Gasteiger partial charge in [-0.15, -0.1) is 0 Å². The molecule has 26 heavy (non-hydrogen) atoms. The van der Waals surface area contributed by atoms with Crippen LogP contribution in [0.3, 0.4) is 0 Å². The number of hydrogen-bond acceptors (Lipinski definition) is 4. The first kappa shape index (κ1) is 16.9. The molecule has 2 aromatic rings. The molecule has 2 aliphatic heterocycles. The first-order valence-corrected chi connectivity index (χ1v) is 9.01. The van der Waals surface area contributed by atoms with Gasteiger partial charge in [-0.25, -0.2) is 4.79 Å². The molecule has 0 N–H and O–H groups in total. The molecule has 1 aromatic heterocycles. The fraction of sp³-hybridized carbons (Fsp3) is 0.474. The Morgan fingerprint density at radius 1 is 1.12 bits per heavy atom. The van der Waals surface area contributed by atoms with Crippen LogP contribution in [0.15, 0.2) is 36.7 Å². The number of piperazine rings is 1. The van der Waals surface area contributed by atoms with Gasteiger partial charge in [0.1, 0.15) is 5.75 Å². The average Bonchev–Trinajstić information content (AvgIpc) is 3.19. The van der Waals surface area contributed by atoms with Crippen molar-refractivity contribution in [1.82, 2.24) is 24.5 Å². The van der Waals surface area contributed by atoms with Gasteiger partial charge in [-0.1, -0.05) is 12.1 Å². The normalized spacial score (nSPS) is 20.5. The van der Waals surface area contributed by atoms with E-state index in [2.05, 4.69) is 16.2 Å². The smallest absolute Gasteiger partial charge is 0.320 e. The Morgan fingerprint density at radius 2 is 1.92 bits per heavy atom. The van der Waals surface area contributed by atoms with Crippen LogP contribution >= 0.6 is 0 Å². The zero-order valence-electron chi connectivity index (χ0n) is 15.3. The highest BCUT2D eigenvalue weighted by atomic mass is 16.5. The third kappa shape index (κ3) is 3.39. The summed E-state index contributed by atoms with van der Waals surface area (Å²) in [5.74, 6) is 0.838. The van der Waals surface area contributed by atoms with E-state index in [-0.39, 0.29) is 12.1 Å². The molecule has 0 aliphatic carbocycles. The van der Waals surface area contributed by atoms with Gasteiger partial charge in [-0.3, -0.25) is 9.58 Å². The zero-order chi connectivity index (χ0) is 18.1. The zero-order valence-corrected chi connectivity index (χ0v) is 15.3. The number of urea groups is 1. The highest BCUT2D eigenvalue weighted by molar-refractivity contribution is 5.77. The maximum atomic E-state index is 12.7. The Labute approximate surface area is 153 Å². The van der Waals surface area contributed by atoms with Crippen molar-refractivity contribution in [1.29, 1.82) is 0 Å². The number of rotatable bonds is 5. The van der Waals surface area contributed by atoms with Crippen LogP contribution in [-0.2, 0) is 20.1 Å². The molecule has 0 spiro atoms. The van der Waals surface area contributed by atoms with Crippen LogP contribution in [0.2, 0.25) is 0 Å². The lowest BCUT2D eigenvalue weighted by Crippen LogP contribution is -2.51. The van der Waals surface area contributed by atoms with Gasteiger partial charge in [0, 0.05) is 58.1 Å². The van der Waals surface area contributed by atoms with E-state index in [1.54, 1.807) is 7.11 Å². The number of ether oxygens (including phenoxy) is 1. The highest BCUT2D eigenvalue weighted by Gasteiger charge is 2.40. The molecule has 2 fully saturated rings. The molecule has 2 amide bonds. The second kappa shape index (κ2) is 6.99. The Bertz CT molecular complexity index is 772. The summed E-state index contributed by atoms with van der Waals surface area (Å²) < 4.78 is 7.03. The minimum Gasteiger partial charge on any atom is -0.497 e. The number of benzene rings is 1. The van der Waals surface area contributed by atoms with Gasteiger partial charge < -0.3 is 14.5 Å². The molecular formula is C19H25N5O2. The predicted molar refractivity (Wildman–Crippen MR) is 97.8 cm³/mol. The summed E-state index contributed by atoms with van der Waals surface area (Å²) in [7, 11) is 3.60. The molecule has 0 unspecified atom stereocenters. The molecule has 1 aromatic carbocycles. The molecule has 0 bridgehead atoms. The molecule has 2 aliphatic rings. The predicted octanol–water partition coefficient (Wildman–Crippen LogP) is 1.55. The van der Waals surface area contributed by atoms with E-state index >= 15 is 0 Å². The fourth-order valence-electron chi connectivity index (χ4n) is 3.88. The van der Waals surface area contributed by atoms with Gasteiger partial charge in [0.05, 0.1) is 19.3 Å². The first-order valence-electron chi connectivity index (χ1n) is 9.01. The van der Waals surface area contributed by atoms with E-state index in [4.69, 9.17) is 4.74 Å². The van der Waals surface area contributed by atoms with Crippen molar-refractivity contribution in [3.8, 4) is 5.75 Å². The number of methoxy groups -OCH3 is 1. The number of carbonyl (C=O) groups excluding carboxylic acids is 1. The van der Waals surface area contributed by atoms with Crippen molar-refractivity contribution in [3.63, 3.8) is 0 Å². The summed E-state index contributed by atoms with van der Waals surface area (Å²) >= 11 is 0. The number of carbonyl (C=O) groups is 1. The van der Waals surface area contributed by atoms with Crippen LogP contribution in [0.25, 0.3) is 0 Å². The second-order valence-corrected chi connectivity index (χ2v) is 7.12. The van der Waals surface area contributed by atoms with Crippen molar-refractivity contribution < 1.29 is 9.53 Å². The Morgan fingerprint density at radius 3 is 2.62 bits per heavy atom. The van der Waals surface area contributed by atoms with E-state index < -0.39 is 0 Å². The topological polar surface area (TPSA) is 53.8 Å². The number of aryl methyl sites for hydroxylation is 1. The van der Waals surface area contributed by atoms with Crippen molar-refractivity contribution in [2.24, 2.45) is 7.05 Å². The molecule has 3 heterocycles. The van der Waals surface area contributed by atoms with Gasteiger partial charge >= 0.3 is 6.03 Å². The van der Waals surface area contributed by atoms with Crippen LogP contribution in [0.5, 0.6) is 5.75 Å². The molecule has 2 saturated heterocycles. The molecule has 0 saturated carbocycles. The van der Waals surface area contributed by atoms with Crippen LogP contribution in [0, 0.1) is 0 Å². The summed E-state index contributed by atoms with van der Waals surface area (Å²) in [6, 6.07) is 8.37. The van der Waals surface area contributed by atoms with E-state index in [0.29, 0.717) is 6.54 Å². The van der Waals surface area contributed by atoms with Crippen molar-refractivity contribution in [3.05, 3.63) is 47.8 Å². The number of amides is 2. The SMILES string of the molecule is COc1ccc(CN2C[C@H]3CN(Cc4cnn(C)c4)CCN3C2=O)cc1. The first-order chi connectivity index (χ1) is 12.6. The molecule has 7 heteroatoms. The maximum Gasteiger partial charge on any atom is 0.320 e. The van der Waals surface area contributed by atoms with Crippen LogP contribution in [-0.4, -0.2) is 69.8 Å². The van der Waals surface area contributed by atoms with Gasteiger partial charge in [0.25, 0.3) is 0 Å². The molecule has 138 valence electrons. The third-order valence-electron chi connectivity index (χ3n) is 5.21. The van der Waals surface area contributed by atoms with E-state index in [1.165, 1.54) is 5.56 Å². The quantitative estimate of drug-likeness (QED) is 0.817. The molecular weight excluding hydrogens is 330 g/mol. The molecule has 7 nitrogen and oxygen atoms in total. The van der Waals surface area contributed by atoms with Crippen molar-refractivity contribution in [2.75, 3.05) is 33.3 Å². The summed E-state index contributed by atoms with van der Waals surface area (Å²) in [5.41, 5.74) is 2.35. The van der Waals surface area contributed by atoms with Crippen LogP contribution in [0.4, 0.5) is 4.79 Å². The number of fused-ring (bicyclic) bond motifs is 1. The minimum atomic E-state index is 0.159. The van der Waals surface area contributed by atoms with Gasteiger partial charge in [0.2, 0.25) is 0 Å². The standard InChI is InChI=1S/C19H25N5O2/c1-21-10-16(9-20-21)11-22-7-8-24-17(13-22)14-23(19(24)25)12-15-3-5-18(26-2)6-4-15/h3-6,9-10,17H,7-8,11-14H2,1-2H3/t17-/m1/s1. The second-order valence-electron chi connectivity index (χ2n) is 7.12. The number of nitrogens with zero attached hydrogens (tertiary/aromatic N) is 5. The number of hydrogen-bond donors (Lipinski definition) is 0. The third-order valence-corrected chi connectivity index (χ3v) is 5.21. The molecule has 1 atom stereocenters. The summed E-state index contributed by atoms with van der Waals surface area (Å²) in [4.78, 5) is 19.1. The monoisotopic (exact) mass is 355 g/mol. The van der Waals surface area contributed by atoms with Gasteiger partial charge in [-0.05, 0) is 17.7 Å². The lowest BCUT2D eigenvalue weighted by Gasteiger charge is -2.36. The summed E-state index contributed by atoms with van der Waals surface area (Å²) in [6.45, 7) is 4.95. The van der Waals surface area contributed by atoms with Crippen molar-refractivity contribution >= 4 is 6.03 Å². The number of aromatic nitrogens is 2. The Kier molecular flexibility index (Phi) is 4.55. The van der Waals surface area contributed by atoms with Gasteiger partial charge in [-0.2, -0.15) is 5.10 Å². The fourth-order valence-corrected chi connectivity index (χ4v) is 3.88. The summed E-state index contributed by atoms with van der Waals surface area (Å²) in [6.07, 6.45) is 3.98. The molecule has 0 radical (unpaired) electrons. The molecule has 4 rings (SSSR count). The summed E-state index contributed by atoms with van der Waals surface area (Å²) in [5, 5.41) is 4.24. The Hall–Kier alpha value is -2.54. The average molecular weight is 355 g/mol. The van der Waals surface area contributed by atoms with E-state index in [9.17, 15) is 4.79 Å². The largest absolute Gasteiger partial charge is 0.497 e. The van der Waals surface area contributed by atoms with E-state index in [0.717, 1.165) is 44.0 Å². The van der Waals surface area contributed by atoms with Crippen LogP contribution in [0.1, 0.15) is 11.1 Å². The lowest BCUT2D eigenvalue weighted by molar-refractivity contribution is 0.116. The lowest BCUT2D eigenvalue weighted by atomic mass is 10.1. The minimum absolute atomic E-state index is 0.159. The van der Waals surface area contributed by atoms with Crippen molar-refractivity contribution in [2.45, 2.75) is 19.1 Å². The van der Waals surface area contributed by atoms with Crippen LogP contribution < -0.4 is 4.74 Å². The maximum absolute atomic E-state index is 12.7.